The van der Waals surface area contributed by atoms with Crippen molar-refractivity contribution >= 4 is 28.5 Å². The minimum atomic E-state index is -0.212. The van der Waals surface area contributed by atoms with Gasteiger partial charge in [0.2, 0.25) is 0 Å². The summed E-state index contributed by atoms with van der Waals surface area (Å²) < 4.78 is 4.96. The van der Waals surface area contributed by atoms with Crippen LogP contribution in [0.4, 0.5) is 0 Å². The van der Waals surface area contributed by atoms with Gasteiger partial charge in [-0.3, -0.25) is 4.79 Å². The molecule has 1 N–H and O–H groups in total. The van der Waals surface area contributed by atoms with E-state index in [2.05, 4.69) is 4.98 Å². The van der Waals surface area contributed by atoms with Crippen molar-refractivity contribution in [2.24, 2.45) is 0 Å². The minimum Gasteiger partial charge on any atom is -0.466 e. The zero-order valence-corrected chi connectivity index (χ0v) is 10.6. The van der Waals surface area contributed by atoms with Gasteiger partial charge in [-0.25, -0.2) is 0 Å². The van der Waals surface area contributed by atoms with Gasteiger partial charge in [0.05, 0.1) is 13.0 Å². The summed E-state index contributed by atoms with van der Waals surface area (Å²) in [5.74, 6) is -0.212. The van der Waals surface area contributed by atoms with E-state index < -0.39 is 0 Å². The number of hydrogen-bond donors (Lipinski definition) is 1. The van der Waals surface area contributed by atoms with Crippen molar-refractivity contribution < 1.29 is 9.53 Å². The van der Waals surface area contributed by atoms with Crippen LogP contribution >= 0.6 is 11.6 Å². The summed E-state index contributed by atoms with van der Waals surface area (Å²) in [5, 5.41) is 1.66. The zero-order valence-electron chi connectivity index (χ0n) is 9.84. The number of H-pyrrole nitrogens is 1. The molecule has 0 saturated heterocycles. The van der Waals surface area contributed by atoms with E-state index in [4.69, 9.17) is 16.3 Å². The number of aromatic nitrogens is 1. The Morgan fingerprint density at radius 1 is 1.47 bits per heavy atom. The van der Waals surface area contributed by atoms with Gasteiger partial charge in [-0.05, 0) is 37.6 Å². The van der Waals surface area contributed by atoms with Crippen LogP contribution in [0.5, 0.6) is 0 Å². The first-order valence-electron chi connectivity index (χ1n) is 5.54. The molecular weight excluding hydrogens is 238 g/mol. The number of esters is 1. The normalized spacial score (nSPS) is 10.8. The molecule has 1 aromatic carbocycles. The number of aryl methyl sites for hydroxylation is 1. The highest BCUT2D eigenvalue weighted by atomic mass is 35.5. The highest BCUT2D eigenvalue weighted by molar-refractivity contribution is 6.31. The molecule has 0 fully saturated rings. The number of ether oxygens (including phenoxy) is 1. The molecule has 3 nitrogen and oxygen atoms in total. The maximum atomic E-state index is 11.5. The second-order valence-electron chi connectivity index (χ2n) is 3.90. The monoisotopic (exact) mass is 251 g/mol. The Morgan fingerprint density at radius 3 is 2.94 bits per heavy atom. The molecule has 0 unspecified atom stereocenters. The van der Waals surface area contributed by atoms with Crippen LogP contribution in [0.15, 0.2) is 18.2 Å². The lowest BCUT2D eigenvalue weighted by atomic mass is 10.1. The summed E-state index contributed by atoms with van der Waals surface area (Å²) >= 11 is 5.97. The zero-order chi connectivity index (χ0) is 12.4. The van der Waals surface area contributed by atoms with E-state index in [0.717, 1.165) is 22.2 Å². The quantitative estimate of drug-likeness (QED) is 0.851. The number of aromatic amines is 1. The summed E-state index contributed by atoms with van der Waals surface area (Å²) in [7, 11) is 0. The minimum absolute atomic E-state index is 0.212. The third-order valence-corrected chi connectivity index (χ3v) is 2.94. The van der Waals surface area contributed by atoms with Gasteiger partial charge in [-0.15, -0.1) is 0 Å². The highest BCUT2D eigenvalue weighted by Crippen LogP contribution is 2.25. The Labute approximate surface area is 105 Å². The van der Waals surface area contributed by atoms with Crippen molar-refractivity contribution in [3.63, 3.8) is 0 Å². The molecule has 0 bridgehead atoms. The van der Waals surface area contributed by atoms with E-state index in [1.54, 1.807) is 6.92 Å². The lowest BCUT2D eigenvalue weighted by Gasteiger charge is -2.02. The largest absolute Gasteiger partial charge is 0.466 e. The third-order valence-electron chi connectivity index (χ3n) is 2.71. The number of nitrogens with one attached hydrogen (secondary N) is 1. The molecule has 2 aromatic rings. The van der Waals surface area contributed by atoms with Crippen molar-refractivity contribution in [3.8, 4) is 0 Å². The van der Waals surface area contributed by atoms with Gasteiger partial charge in [0, 0.05) is 21.6 Å². The summed E-state index contributed by atoms with van der Waals surface area (Å²) in [4.78, 5) is 14.8. The summed E-state index contributed by atoms with van der Waals surface area (Å²) in [6.07, 6.45) is 0.278. The Kier molecular flexibility index (Phi) is 3.38. The molecule has 4 heteroatoms. The predicted molar refractivity (Wildman–Crippen MR) is 68.4 cm³/mol. The topological polar surface area (TPSA) is 42.1 Å². The van der Waals surface area contributed by atoms with Crippen LogP contribution in [0.25, 0.3) is 10.9 Å². The van der Waals surface area contributed by atoms with E-state index in [1.165, 1.54) is 0 Å². The van der Waals surface area contributed by atoms with Crippen LogP contribution < -0.4 is 0 Å². The molecule has 2 rings (SSSR count). The maximum absolute atomic E-state index is 11.5. The summed E-state index contributed by atoms with van der Waals surface area (Å²) in [6.45, 7) is 4.15. The molecule has 0 aliphatic rings. The average molecular weight is 252 g/mol. The standard InChI is InChI=1S/C13H14ClNO2/c1-3-17-13(16)7-10-8(2)15-12-5-4-9(14)6-11(10)12/h4-6,15H,3,7H2,1-2H3. The lowest BCUT2D eigenvalue weighted by molar-refractivity contribution is -0.142. The molecule has 0 aliphatic carbocycles. The first kappa shape index (κ1) is 12.0. The van der Waals surface area contributed by atoms with E-state index >= 15 is 0 Å². The van der Waals surface area contributed by atoms with Gasteiger partial charge in [0.15, 0.2) is 0 Å². The van der Waals surface area contributed by atoms with Gasteiger partial charge in [0.25, 0.3) is 0 Å². The average Bonchev–Trinajstić information content (AvgIpc) is 2.56. The van der Waals surface area contributed by atoms with Gasteiger partial charge in [-0.1, -0.05) is 11.6 Å². The number of hydrogen-bond acceptors (Lipinski definition) is 2. The van der Waals surface area contributed by atoms with Crippen LogP contribution in [0, 0.1) is 6.92 Å². The van der Waals surface area contributed by atoms with Crippen molar-refractivity contribution in [3.05, 3.63) is 34.5 Å². The molecule has 90 valence electrons. The Bertz CT molecular complexity index is 560. The van der Waals surface area contributed by atoms with Gasteiger partial charge >= 0.3 is 5.97 Å². The third kappa shape index (κ3) is 2.44. The Balaban J connectivity index is 2.41. The van der Waals surface area contributed by atoms with Gasteiger partial charge < -0.3 is 9.72 Å². The fourth-order valence-electron chi connectivity index (χ4n) is 1.94. The van der Waals surface area contributed by atoms with Crippen LogP contribution in [0.1, 0.15) is 18.2 Å². The smallest absolute Gasteiger partial charge is 0.310 e. The van der Waals surface area contributed by atoms with E-state index in [0.29, 0.717) is 11.6 Å². The molecule has 1 heterocycles. The van der Waals surface area contributed by atoms with E-state index in [9.17, 15) is 4.79 Å². The molecule has 1 aromatic heterocycles. The number of fused-ring (bicyclic) bond motifs is 1. The molecule has 0 amide bonds. The maximum Gasteiger partial charge on any atom is 0.310 e. The number of halogens is 1. The molecular formula is C13H14ClNO2. The van der Waals surface area contributed by atoms with E-state index in [1.807, 2.05) is 25.1 Å². The van der Waals surface area contributed by atoms with Crippen molar-refractivity contribution in [1.29, 1.82) is 0 Å². The van der Waals surface area contributed by atoms with Crippen LogP contribution in [0.3, 0.4) is 0 Å². The number of carbonyl (C=O) groups excluding carboxylic acids is 1. The Hall–Kier alpha value is -1.48. The first-order valence-corrected chi connectivity index (χ1v) is 5.92. The first-order chi connectivity index (χ1) is 8.11. The van der Waals surface area contributed by atoms with Crippen LogP contribution in [-0.2, 0) is 16.0 Å². The lowest BCUT2D eigenvalue weighted by Crippen LogP contribution is -2.07. The molecule has 0 atom stereocenters. The molecule has 0 spiro atoms. The second-order valence-corrected chi connectivity index (χ2v) is 4.34. The highest BCUT2D eigenvalue weighted by Gasteiger charge is 2.13. The SMILES string of the molecule is CCOC(=O)Cc1c(C)[nH]c2ccc(Cl)cc12. The summed E-state index contributed by atoms with van der Waals surface area (Å²) in [5.41, 5.74) is 2.93. The van der Waals surface area contributed by atoms with Crippen molar-refractivity contribution in [1.82, 2.24) is 4.98 Å². The van der Waals surface area contributed by atoms with Gasteiger partial charge in [0.1, 0.15) is 0 Å². The number of carbonyl (C=O) groups is 1. The van der Waals surface area contributed by atoms with E-state index in [-0.39, 0.29) is 12.4 Å². The molecule has 0 radical (unpaired) electrons. The second kappa shape index (κ2) is 4.80. The fraction of sp³-hybridized carbons (Fsp3) is 0.308. The van der Waals surface area contributed by atoms with Crippen molar-refractivity contribution in [2.45, 2.75) is 20.3 Å². The van der Waals surface area contributed by atoms with Crippen LogP contribution in [-0.4, -0.2) is 17.6 Å². The molecule has 0 saturated carbocycles. The molecule has 0 aliphatic heterocycles. The van der Waals surface area contributed by atoms with Gasteiger partial charge in [-0.2, -0.15) is 0 Å². The number of benzene rings is 1. The van der Waals surface area contributed by atoms with Crippen LogP contribution in [0.2, 0.25) is 5.02 Å². The molecule has 17 heavy (non-hydrogen) atoms. The fourth-order valence-corrected chi connectivity index (χ4v) is 2.11. The predicted octanol–water partition coefficient (Wildman–Crippen LogP) is 3.24. The number of rotatable bonds is 3. The van der Waals surface area contributed by atoms with Crippen molar-refractivity contribution in [2.75, 3.05) is 6.61 Å². The Morgan fingerprint density at radius 2 is 2.24 bits per heavy atom. The summed E-state index contributed by atoms with van der Waals surface area (Å²) in [6, 6.07) is 5.61.